The van der Waals surface area contributed by atoms with Crippen molar-refractivity contribution in [2.75, 3.05) is 19.7 Å². The molecule has 6 heteroatoms. The van der Waals surface area contributed by atoms with E-state index >= 15 is 0 Å². The first-order valence-corrected chi connectivity index (χ1v) is 7.82. The summed E-state index contributed by atoms with van der Waals surface area (Å²) < 4.78 is 1.82. The molecular weight excluding hydrogens is 294 g/mol. The molecule has 1 fully saturated rings. The summed E-state index contributed by atoms with van der Waals surface area (Å²) in [5.74, 6) is 0.576. The second-order valence-electron chi connectivity index (χ2n) is 5.88. The predicted octanol–water partition coefficient (Wildman–Crippen LogP) is 0.752. The molecule has 0 aliphatic carbocycles. The first kappa shape index (κ1) is 15.7. The Kier molecular flexibility index (Phi) is 4.73. The van der Waals surface area contributed by atoms with Gasteiger partial charge in [0, 0.05) is 43.6 Å². The lowest BCUT2D eigenvalue weighted by atomic mass is 9.95. The molecule has 0 bridgehead atoms. The Labute approximate surface area is 135 Å². The van der Waals surface area contributed by atoms with Gasteiger partial charge in [0.05, 0.1) is 6.10 Å². The van der Waals surface area contributed by atoms with Crippen LogP contribution < -0.4 is 0 Å². The number of carbonyl (C=O) groups excluding carboxylic acids is 1. The van der Waals surface area contributed by atoms with Gasteiger partial charge in [0.2, 0.25) is 5.91 Å². The quantitative estimate of drug-likeness (QED) is 0.873. The van der Waals surface area contributed by atoms with Crippen LogP contribution in [0.15, 0.2) is 42.7 Å². The molecule has 2 N–H and O–H groups in total. The Morgan fingerprint density at radius 3 is 2.78 bits per heavy atom. The first-order valence-electron chi connectivity index (χ1n) is 7.82. The lowest BCUT2D eigenvalue weighted by Crippen LogP contribution is -2.48. The Bertz CT molecular complexity index is 656. The summed E-state index contributed by atoms with van der Waals surface area (Å²) >= 11 is 0. The summed E-state index contributed by atoms with van der Waals surface area (Å²) in [5, 5.41) is 19.2. The monoisotopic (exact) mass is 315 g/mol. The number of nitrogens with zero attached hydrogens (tertiary/aromatic N) is 3. The number of hydrogen-bond donors (Lipinski definition) is 2. The van der Waals surface area contributed by atoms with Crippen LogP contribution in [0, 0.1) is 5.92 Å². The van der Waals surface area contributed by atoms with E-state index in [1.165, 1.54) is 0 Å². The Balaban J connectivity index is 1.69. The number of likely N-dealkylation sites (tertiary alicyclic amines) is 1. The summed E-state index contributed by atoms with van der Waals surface area (Å²) in [6.45, 7) is 1.000. The minimum Gasteiger partial charge on any atom is -0.396 e. The third-order valence-corrected chi connectivity index (χ3v) is 4.36. The minimum absolute atomic E-state index is 0.0388. The number of hydrogen-bond acceptors (Lipinski definition) is 4. The van der Waals surface area contributed by atoms with E-state index in [0.717, 1.165) is 11.4 Å². The number of aromatic nitrogens is 2. The minimum atomic E-state index is -0.658. The molecule has 3 rings (SSSR count). The molecule has 1 aromatic carbocycles. The highest BCUT2D eigenvalue weighted by Crippen LogP contribution is 2.20. The van der Waals surface area contributed by atoms with Gasteiger partial charge in [-0.2, -0.15) is 0 Å². The molecule has 0 saturated carbocycles. The van der Waals surface area contributed by atoms with E-state index in [-0.39, 0.29) is 31.5 Å². The molecule has 1 saturated heterocycles. The molecule has 2 aromatic rings. The number of β-amino-alcohol motifs (C(OH)–C–C–N with tert-alkyl or cyclic N) is 1. The van der Waals surface area contributed by atoms with Gasteiger partial charge >= 0.3 is 0 Å². The highest BCUT2D eigenvalue weighted by Gasteiger charge is 2.29. The lowest BCUT2D eigenvalue weighted by molar-refractivity contribution is -0.136. The molecule has 1 aromatic heterocycles. The van der Waals surface area contributed by atoms with E-state index < -0.39 is 6.10 Å². The molecule has 6 nitrogen and oxygen atoms in total. The van der Waals surface area contributed by atoms with Gasteiger partial charge in [-0.1, -0.05) is 30.3 Å². The smallest absolute Gasteiger partial charge is 0.242 e. The maximum Gasteiger partial charge on any atom is 0.242 e. The number of aliphatic hydroxyl groups excluding tert-OH is 2. The van der Waals surface area contributed by atoms with Crippen molar-refractivity contribution in [2.24, 2.45) is 5.92 Å². The van der Waals surface area contributed by atoms with E-state index in [4.69, 9.17) is 0 Å². The van der Waals surface area contributed by atoms with Crippen LogP contribution in [0.4, 0.5) is 0 Å². The number of benzene rings is 1. The van der Waals surface area contributed by atoms with Crippen LogP contribution in [-0.4, -0.2) is 56.4 Å². The van der Waals surface area contributed by atoms with Crippen LogP contribution in [0.1, 0.15) is 6.42 Å². The fraction of sp³-hybridized carbons (Fsp3) is 0.412. The second-order valence-corrected chi connectivity index (χ2v) is 5.88. The Morgan fingerprint density at radius 1 is 1.30 bits per heavy atom. The van der Waals surface area contributed by atoms with Gasteiger partial charge in [-0.15, -0.1) is 0 Å². The van der Waals surface area contributed by atoms with Gasteiger partial charge < -0.3 is 19.7 Å². The third kappa shape index (κ3) is 3.43. The van der Waals surface area contributed by atoms with Crippen molar-refractivity contribution < 1.29 is 15.0 Å². The fourth-order valence-corrected chi connectivity index (χ4v) is 2.95. The Hall–Kier alpha value is -2.18. The van der Waals surface area contributed by atoms with E-state index in [1.807, 2.05) is 34.9 Å². The molecule has 2 heterocycles. The van der Waals surface area contributed by atoms with E-state index in [0.29, 0.717) is 13.0 Å². The van der Waals surface area contributed by atoms with Crippen LogP contribution in [0.2, 0.25) is 0 Å². The normalized spacial score (nSPS) is 21.4. The van der Waals surface area contributed by atoms with Crippen molar-refractivity contribution in [1.82, 2.24) is 14.5 Å². The van der Waals surface area contributed by atoms with E-state index in [2.05, 4.69) is 4.98 Å². The third-order valence-electron chi connectivity index (χ3n) is 4.36. The van der Waals surface area contributed by atoms with Crippen molar-refractivity contribution in [1.29, 1.82) is 0 Å². The topological polar surface area (TPSA) is 78.6 Å². The largest absolute Gasteiger partial charge is 0.396 e. The van der Waals surface area contributed by atoms with Gasteiger partial charge in [0.25, 0.3) is 0 Å². The highest BCUT2D eigenvalue weighted by atomic mass is 16.3. The zero-order chi connectivity index (χ0) is 16.2. The zero-order valence-corrected chi connectivity index (χ0v) is 12.9. The summed E-state index contributed by atoms with van der Waals surface area (Å²) in [4.78, 5) is 18.5. The van der Waals surface area contributed by atoms with Gasteiger partial charge in [0.15, 0.2) is 0 Å². The average molecular weight is 315 g/mol. The summed E-state index contributed by atoms with van der Waals surface area (Å²) in [7, 11) is 0. The van der Waals surface area contributed by atoms with Crippen LogP contribution in [0.25, 0.3) is 11.4 Å². The van der Waals surface area contributed by atoms with Crippen LogP contribution in [0.5, 0.6) is 0 Å². The maximum absolute atomic E-state index is 12.5. The second kappa shape index (κ2) is 6.93. The summed E-state index contributed by atoms with van der Waals surface area (Å²) in [5.41, 5.74) is 0.962. The van der Waals surface area contributed by atoms with Crippen molar-refractivity contribution in [3.8, 4) is 11.4 Å². The van der Waals surface area contributed by atoms with Crippen molar-refractivity contribution in [3.63, 3.8) is 0 Å². The van der Waals surface area contributed by atoms with Gasteiger partial charge in [0.1, 0.15) is 12.4 Å². The molecular formula is C17H21N3O3. The molecule has 1 amide bonds. The zero-order valence-electron chi connectivity index (χ0n) is 12.9. The number of aliphatic hydroxyl groups is 2. The summed E-state index contributed by atoms with van der Waals surface area (Å²) in [6, 6.07) is 9.73. The fourth-order valence-electron chi connectivity index (χ4n) is 2.95. The molecule has 2 atom stereocenters. The molecule has 0 spiro atoms. The van der Waals surface area contributed by atoms with E-state index in [1.54, 1.807) is 17.3 Å². The molecule has 0 radical (unpaired) electrons. The Morgan fingerprint density at radius 2 is 2.09 bits per heavy atom. The molecule has 1 aliphatic heterocycles. The highest BCUT2D eigenvalue weighted by molar-refractivity contribution is 5.77. The van der Waals surface area contributed by atoms with Crippen LogP contribution in [0.3, 0.4) is 0 Å². The first-order chi connectivity index (χ1) is 11.2. The maximum atomic E-state index is 12.5. The van der Waals surface area contributed by atoms with Gasteiger partial charge in [-0.25, -0.2) is 4.98 Å². The number of piperidine rings is 1. The lowest BCUT2D eigenvalue weighted by Gasteiger charge is -2.35. The van der Waals surface area contributed by atoms with Crippen LogP contribution in [-0.2, 0) is 11.3 Å². The van der Waals surface area contributed by atoms with Gasteiger partial charge in [-0.3, -0.25) is 4.79 Å². The average Bonchev–Trinajstić information content (AvgIpc) is 3.03. The molecule has 0 unspecified atom stereocenters. The van der Waals surface area contributed by atoms with Gasteiger partial charge in [-0.05, 0) is 6.42 Å². The SMILES string of the molecule is O=C(Cn1ccnc1-c1ccccc1)N1CC[C@H](CO)[C@H](O)C1. The van der Waals surface area contributed by atoms with Crippen molar-refractivity contribution in [3.05, 3.63) is 42.7 Å². The number of amides is 1. The van der Waals surface area contributed by atoms with Crippen molar-refractivity contribution >= 4 is 5.91 Å². The van der Waals surface area contributed by atoms with Crippen molar-refractivity contribution in [2.45, 2.75) is 19.1 Å². The van der Waals surface area contributed by atoms with E-state index in [9.17, 15) is 15.0 Å². The summed E-state index contributed by atoms with van der Waals surface area (Å²) in [6.07, 6.45) is 3.44. The molecule has 23 heavy (non-hydrogen) atoms. The standard InChI is InChI=1S/C17H21N3O3/c21-12-14-6-8-19(10-15(14)22)16(23)11-20-9-7-18-17(20)13-4-2-1-3-5-13/h1-5,7,9,14-15,21-22H,6,8,10-12H2/t14-,15-/m1/s1. The molecule has 122 valence electrons. The number of imidazole rings is 1. The number of carbonyl (C=O) groups is 1. The predicted molar refractivity (Wildman–Crippen MR) is 85.4 cm³/mol. The molecule has 1 aliphatic rings. The number of rotatable bonds is 4. The van der Waals surface area contributed by atoms with Crippen LogP contribution >= 0.6 is 0 Å².